The van der Waals surface area contributed by atoms with Crippen LogP contribution in [0, 0.1) is 0 Å². The van der Waals surface area contributed by atoms with Gasteiger partial charge in [-0.2, -0.15) is 4.98 Å². The van der Waals surface area contributed by atoms with E-state index >= 15 is 0 Å². The number of halogens is 2. The van der Waals surface area contributed by atoms with Gasteiger partial charge in [-0.1, -0.05) is 28.9 Å². The summed E-state index contributed by atoms with van der Waals surface area (Å²) in [6.07, 6.45) is -0.167. The maximum atomic E-state index is 5.93. The van der Waals surface area contributed by atoms with Gasteiger partial charge in [-0.25, -0.2) is 0 Å². The first-order valence-corrected chi connectivity index (χ1v) is 6.12. The molecule has 0 amide bonds. The highest BCUT2D eigenvalue weighted by Gasteiger charge is 2.22. The third-order valence-electron chi connectivity index (χ3n) is 2.73. The normalized spacial score (nSPS) is 18.9. The van der Waals surface area contributed by atoms with Crippen molar-refractivity contribution in [1.29, 1.82) is 0 Å². The molecular formula is C12H13Cl2N3O2. The van der Waals surface area contributed by atoms with Crippen molar-refractivity contribution in [2.24, 2.45) is 0 Å². The molecule has 19 heavy (non-hydrogen) atoms. The first-order chi connectivity index (χ1) is 8.83. The van der Waals surface area contributed by atoms with Crippen LogP contribution in [0.4, 0.5) is 0 Å². The highest BCUT2D eigenvalue weighted by Crippen LogP contribution is 2.23. The lowest BCUT2D eigenvalue weighted by atomic mass is 10.2. The van der Waals surface area contributed by atoms with E-state index in [1.807, 2.05) is 12.1 Å². The van der Waals surface area contributed by atoms with Gasteiger partial charge in [-0.15, -0.1) is 12.4 Å². The van der Waals surface area contributed by atoms with E-state index in [2.05, 4.69) is 15.5 Å². The molecule has 1 saturated heterocycles. The molecule has 1 aliphatic heterocycles. The van der Waals surface area contributed by atoms with Crippen LogP contribution in [0.2, 0.25) is 5.02 Å². The van der Waals surface area contributed by atoms with E-state index in [0.29, 0.717) is 29.9 Å². The molecule has 0 bridgehead atoms. The van der Waals surface area contributed by atoms with Crippen LogP contribution in [-0.2, 0) is 4.74 Å². The smallest absolute Gasteiger partial charge is 0.257 e. The molecular weight excluding hydrogens is 289 g/mol. The minimum atomic E-state index is -0.167. The fraction of sp³-hybridized carbons (Fsp3) is 0.333. The second-order valence-corrected chi connectivity index (χ2v) is 4.47. The minimum Gasteiger partial charge on any atom is -0.366 e. The Balaban J connectivity index is 0.00000133. The van der Waals surface area contributed by atoms with Crippen LogP contribution in [0.15, 0.2) is 28.8 Å². The molecule has 1 atom stereocenters. The van der Waals surface area contributed by atoms with Gasteiger partial charge in [0.05, 0.1) is 6.61 Å². The van der Waals surface area contributed by atoms with Gasteiger partial charge >= 0.3 is 0 Å². The van der Waals surface area contributed by atoms with E-state index in [1.54, 1.807) is 12.1 Å². The highest BCUT2D eigenvalue weighted by atomic mass is 35.5. The molecule has 7 heteroatoms. The number of morpholine rings is 1. The van der Waals surface area contributed by atoms with Crippen molar-refractivity contribution in [2.75, 3.05) is 19.7 Å². The van der Waals surface area contributed by atoms with E-state index in [4.69, 9.17) is 20.9 Å². The topological polar surface area (TPSA) is 60.2 Å². The zero-order chi connectivity index (χ0) is 12.4. The second-order valence-electron chi connectivity index (χ2n) is 4.03. The maximum absolute atomic E-state index is 5.93. The molecule has 0 radical (unpaired) electrons. The molecule has 0 saturated carbocycles. The Morgan fingerprint density at radius 2 is 2.26 bits per heavy atom. The summed E-state index contributed by atoms with van der Waals surface area (Å²) in [4.78, 5) is 4.34. The highest BCUT2D eigenvalue weighted by molar-refractivity contribution is 6.30. The van der Waals surface area contributed by atoms with Crippen molar-refractivity contribution < 1.29 is 9.26 Å². The summed E-state index contributed by atoms with van der Waals surface area (Å²) in [5.74, 6) is 1.03. The number of nitrogens with one attached hydrogen (secondary N) is 1. The fourth-order valence-corrected chi connectivity index (χ4v) is 2.03. The predicted octanol–water partition coefficient (Wildman–Crippen LogP) is 2.47. The molecule has 1 unspecified atom stereocenters. The van der Waals surface area contributed by atoms with Gasteiger partial charge in [0.15, 0.2) is 0 Å². The minimum absolute atomic E-state index is 0. The van der Waals surface area contributed by atoms with E-state index < -0.39 is 0 Å². The van der Waals surface area contributed by atoms with Crippen LogP contribution in [0.3, 0.4) is 0 Å². The van der Waals surface area contributed by atoms with Crippen LogP contribution in [-0.4, -0.2) is 29.8 Å². The summed E-state index contributed by atoms with van der Waals surface area (Å²) in [5.41, 5.74) is 0.835. The van der Waals surface area contributed by atoms with Crippen molar-refractivity contribution in [2.45, 2.75) is 6.10 Å². The number of rotatable bonds is 2. The van der Waals surface area contributed by atoms with E-state index in [0.717, 1.165) is 12.1 Å². The summed E-state index contributed by atoms with van der Waals surface area (Å²) in [6, 6.07) is 7.35. The van der Waals surface area contributed by atoms with Gasteiger partial charge in [-0.05, 0) is 12.1 Å². The quantitative estimate of drug-likeness (QED) is 0.923. The molecule has 0 spiro atoms. The number of benzene rings is 1. The van der Waals surface area contributed by atoms with Gasteiger partial charge in [-0.3, -0.25) is 0 Å². The van der Waals surface area contributed by atoms with Crippen LogP contribution in [0.1, 0.15) is 12.0 Å². The van der Waals surface area contributed by atoms with Crippen LogP contribution in [0.25, 0.3) is 11.4 Å². The van der Waals surface area contributed by atoms with Crippen molar-refractivity contribution in [3.8, 4) is 11.4 Å². The summed E-state index contributed by atoms with van der Waals surface area (Å²) in [6.45, 7) is 2.20. The molecule has 1 aliphatic rings. The Morgan fingerprint density at radius 3 is 3.00 bits per heavy atom. The summed E-state index contributed by atoms with van der Waals surface area (Å²) in [7, 11) is 0. The maximum Gasteiger partial charge on any atom is 0.257 e. The Bertz CT molecular complexity index is 541. The Labute approximate surface area is 121 Å². The van der Waals surface area contributed by atoms with E-state index in [1.165, 1.54) is 0 Å². The average Bonchev–Trinajstić information content (AvgIpc) is 2.89. The predicted molar refractivity (Wildman–Crippen MR) is 73.6 cm³/mol. The zero-order valence-electron chi connectivity index (χ0n) is 10.0. The Kier molecular flexibility index (Phi) is 4.76. The first kappa shape index (κ1) is 14.3. The number of nitrogens with zero attached hydrogens (tertiary/aromatic N) is 2. The number of ether oxygens (including phenoxy) is 1. The zero-order valence-corrected chi connectivity index (χ0v) is 11.6. The molecule has 1 fully saturated rings. The summed E-state index contributed by atoms with van der Waals surface area (Å²) >= 11 is 5.93. The third kappa shape index (κ3) is 3.25. The van der Waals surface area contributed by atoms with Gasteiger partial charge in [0.25, 0.3) is 5.89 Å². The largest absolute Gasteiger partial charge is 0.366 e. The van der Waals surface area contributed by atoms with Gasteiger partial charge in [0.2, 0.25) is 5.82 Å². The van der Waals surface area contributed by atoms with Crippen LogP contribution in [0.5, 0.6) is 0 Å². The molecule has 5 nitrogen and oxygen atoms in total. The SMILES string of the molecule is Cl.Clc1cccc(-c2noc(C3CNCCO3)n2)c1. The number of hydrogen-bond donors (Lipinski definition) is 1. The number of hydrogen-bond acceptors (Lipinski definition) is 5. The lowest BCUT2D eigenvalue weighted by molar-refractivity contribution is 0.00755. The van der Waals surface area contributed by atoms with Gasteiger partial charge < -0.3 is 14.6 Å². The van der Waals surface area contributed by atoms with Gasteiger partial charge in [0, 0.05) is 23.7 Å². The fourth-order valence-electron chi connectivity index (χ4n) is 1.83. The van der Waals surface area contributed by atoms with Crippen LogP contribution < -0.4 is 5.32 Å². The number of aromatic nitrogens is 2. The van der Waals surface area contributed by atoms with Crippen molar-refractivity contribution in [1.82, 2.24) is 15.5 Å². The molecule has 0 aliphatic carbocycles. The monoisotopic (exact) mass is 301 g/mol. The summed E-state index contributed by atoms with van der Waals surface area (Å²) in [5, 5.41) is 7.82. The van der Waals surface area contributed by atoms with Crippen molar-refractivity contribution >= 4 is 24.0 Å². The molecule has 3 rings (SSSR count). The van der Waals surface area contributed by atoms with E-state index in [9.17, 15) is 0 Å². The lowest BCUT2D eigenvalue weighted by Gasteiger charge is -2.19. The standard InChI is InChI=1S/C12H12ClN3O2.ClH/c13-9-3-1-2-8(6-9)11-15-12(18-16-11)10-7-14-4-5-17-10;/h1-3,6,10,14H,4-5,7H2;1H. The molecule has 1 aromatic heterocycles. The van der Waals surface area contributed by atoms with Crippen molar-refractivity contribution in [3.05, 3.63) is 35.2 Å². The van der Waals surface area contributed by atoms with Crippen LogP contribution >= 0.6 is 24.0 Å². The molecule has 2 heterocycles. The Morgan fingerprint density at radius 1 is 1.37 bits per heavy atom. The molecule has 102 valence electrons. The first-order valence-electron chi connectivity index (χ1n) is 5.75. The van der Waals surface area contributed by atoms with E-state index in [-0.39, 0.29) is 18.5 Å². The molecule has 1 aromatic carbocycles. The molecule has 2 aromatic rings. The lowest BCUT2D eigenvalue weighted by Crippen LogP contribution is -2.33. The van der Waals surface area contributed by atoms with Gasteiger partial charge in [0.1, 0.15) is 6.10 Å². The van der Waals surface area contributed by atoms with Crippen molar-refractivity contribution in [3.63, 3.8) is 0 Å². The Hall–Kier alpha value is -1.14. The molecule has 1 N–H and O–H groups in total. The second kappa shape index (κ2) is 6.34. The summed E-state index contributed by atoms with van der Waals surface area (Å²) < 4.78 is 10.8. The third-order valence-corrected chi connectivity index (χ3v) is 2.96. The average molecular weight is 302 g/mol.